The zero-order chi connectivity index (χ0) is 27.7. The van der Waals surface area contributed by atoms with Crippen LogP contribution >= 0.6 is 11.6 Å². The number of aromatic nitrogens is 4. The number of amides is 1. The van der Waals surface area contributed by atoms with Crippen molar-refractivity contribution in [1.29, 1.82) is 0 Å². The van der Waals surface area contributed by atoms with Gasteiger partial charge in [-0.15, -0.1) is 0 Å². The normalized spacial score (nSPS) is 16.0. The number of anilines is 2. The number of imidazole rings is 1. The number of aromatic amines is 1. The number of nitrogens with zero attached hydrogens (tertiary/aromatic N) is 3. The van der Waals surface area contributed by atoms with Crippen molar-refractivity contribution >= 4 is 39.4 Å². The fourth-order valence-electron chi connectivity index (χ4n) is 4.10. The standard InChI is InChI=1S/C25H29ClFN7O4S/c1-13(30-25(35)38-2)11-29-24-28-8-7-18(31-24)22-21(32-23(33-22)15-5-6-15)17-9-16(26)10-19(20(17)27)34-39(36,37)12-14-3-4-14/h7-10,13-15,34H,3-6,11-12H2,1-2H3,(H,30,35)(H,32,33)(H,28,29,31)/t13-/m0/s1. The number of alkyl carbamates (subject to hydrolysis) is 1. The first kappa shape index (κ1) is 27.1. The smallest absolute Gasteiger partial charge is 0.407 e. The lowest BCUT2D eigenvalue weighted by Gasteiger charge is -2.14. The Morgan fingerprint density at radius 3 is 2.72 bits per heavy atom. The number of hydrogen-bond donors (Lipinski definition) is 4. The van der Waals surface area contributed by atoms with Crippen molar-refractivity contribution in [3.05, 3.63) is 41.1 Å². The highest BCUT2D eigenvalue weighted by Gasteiger charge is 2.31. The second kappa shape index (κ2) is 11.0. The summed E-state index contributed by atoms with van der Waals surface area (Å²) in [5.74, 6) is 0.485. The Morgan fingerprint density at radius 2 is 2.03 bits per heavy atom. The first-order chi connectivity index (χ1) is 18.6. The van der Waals surface area contributed by atoms with Crippen molar-refractivity contribution in [2.45, 2.75) is 44.6 Å². The van der Waals surface area contributed by atoms with Gasteiger partial charge in [0.1, 0.15) is 11.5 Å². The minimum absolute atomic E-state index is 0.0557. The van der Waals surface area contributed by atoms with Gasteiger partial charge < -0.3 is 20.4 Å². The SMILES string of the molecule is COC(=O)N[C@@H](C)CNc1nccc(-c2nc(C3CC3)[nH]c2-c2cc(Cl)cc(NS(=O)(=O)CC3CC3)c2F)n1. The molecule has 2 saturated carbocycles. The average Bonchev–Trinajstić information content (AvgIpc) is 3.84. The zero-order valence-electron chi connectivity index (χ0n) is 21.4. The number of ether oxygens (including phenoxy) is 1. The van der Waals surface area contributed by atoms with E-state index >= 15 is 4.39 Å². The molecule has 0 aliphatic heterocycles. The molecule has 2 heterocycles. The molecule has 208 valence electrons. The van der Waals surface area contributed by atoms with E-state index in [0.29, 0.717) is 29.5 Å². The van der Waals surface area contributed by atoms with Crippen molar-refractivity contribution in [2.24, 2.45) is 5.92 Å². The second-order valence-electron chi connectivity index (χ2n) is 9.95. The quantitative estimate of drug-likeness (QED) is 0.260. The van der Waals surface area contributed by atoms with Crippen LogP contribution in [0.5, 0.6) is 0 Å². The number of methoxy groups -OCH3 is 1. The summed E-state index contributed by atoms with van der Waals surface area (Å²) in [4.78, 5) is 28.2. The first-order valence-corrected chi connectivity index (χ1v) is 14.7. The second-order valence-corrected chi connectivity index (χ2v) is 12.1. The summed E-state index contributed by atoms with van der Waals surface area (Å²) in [6.45, 7) is 2.12. The maximum atomic E-state index is 15.8. The number of H-pyrrole nitrogens is 1. The third-order valence-electron chi connectivity index (χ3n) is 6.42. The van der Waals surface area contributed by atoms with Crippen molar-refractivity contribution in [3.63, 3.8) is 0 Å². The van der Waals surface area contributed by atoms with E-state index in [4.69, 9.17) is 16.6 Å². The van der Waals surface area contributed by atoms with Crippen LogP contribution in [0.3, 0.4) is 0 Å². The van der Waals surface area contributed by atoms with Gasteiger partial charge in [-0.1, -0.05) is 11.6 Å². The molecule has 2 aliphatic rings. The molecule has 5 rings (SSSR count). The number of nitrogens with one attached hydrogen (secondary N) is 4. The van der Waals surface area contributed by atoms with Gasteiger partial charge in [-0.25, -0.2) is 32.6 Å². The van der Waals surface area contributed by atoms with Crippen LogP contribution in [-0.4, -0.2) is 59.9 Å². The lowest BCUT2D eigenvalue weighted by molar-refractivity contribution is 0.168. The molecule has 3 aromatic rings. The topological polar surface area (TPSA) is 151 Å². The number of rotatable bonds is 11. The number of hydrogen-bond acceptors (Lipinski definition) is 8. The summed E-state index contributed by atoms with van der Waals surface area (Å²) in [6.07, 6.45) is 4.61. The maximum absolute atomic E-state index is 15.8. The molecule has 0 spiro atoms. The van der Waals surface area contributed by atoms with E-state index in [2.05, 4.69) is 35.0 Å². The van der Waals surface area contributed by atoms with Gasteiger partial charge in [0.15, 0.2) is 5.82 Å². The fourth-order valence-corrected chi connectivity index (χ4v) is 5.84. The van der Waals surface area contributed by atoms with Crippen LogP contribution in [0.2, 0.25) is 5.02 Å². The lowest BCUT2D eigenvalue weighted by Crippen LogP contribution is -2.37. The molecule has 2 aliphatic carbocycles. The number of sulfonamides is 1. The number of halogens is 2. The first-order valence-electron chi connectivity index (χ1n) is 12.6. The minimum atomic E-state index is -3.74. The Balaban J connectivity index is 1.46. The van der Waals surface area contributed by atoms with E-state index in [0.717, 1.165) is 25.7 Å². The molecule has 2 fully saturated rings. The summed E-state index contributed by atoms with van der Waals surface area (Å²) < 4.78 is 48.0. The zero-order valence-corrected chi connectivity index (χ0v) is 23.0. The molecule has 1 atom stereocenters. The van der Waals surface area contributed by atoms with Gasteiger partial charge >= 0.3 is 6.09 Å². The molecule has 0 bridgehead atoms. The molecule has 14 heteroatoms. The van der Waals surface area contributed by atoms with Crippen LogP contribution in [0, 0.1) is 11.7 Å². The Hall–Kier alpha value is -3.45. The van der Waals surface area contributed by atoms with Gasteiger partial charge in [0.05, 0.1) is 29.9 Å². The van der Waals surface area contributed by atoms with Crippen LogP contribution in [0.4, 0.5) is 20.8 Å². The highest BCUT2D eigenvalue weighted by molar-refractivity contribution is 7.92. The van der Waals surface area contributed by atoms with Gasteiger partial charge in [0.2, 0.25) is 16.0 Å². The highest BCUT2D eigenvalue weighted by Crippen LogP contribution is 2.43. The molecular formula is C25H29ClFN7O4S. The van der Waals surface area contributed by atoms with Gasteiger partial charge in [-0.3, -0.25) is 4.72 Å². The van der Waals surface area contributed by atoms with E-state index < -0.39 is 21.9 Å². The molecule has 39 heavy (non-hydrogen) atoms. The van der Waals surface area contributed by atoms with Gasteiger partial charge in [0.25, 0.3) is 0 Å². The number of carbonyl (C=O) groups excluding carboxylic acids is 1. The summed E-state index contributed by atoms with van der Waals surface area (Å²) in [5.41, 5.74) is 1.00. The van der Waals surface area contributed by atoms with Crippen molar-refractivity contribution in [1.82, 2.24) is 25.3 Å². The van der Waals surface area contributed by atoms with Gasteiger partial charge in [-0.2, -0.15) is 0 Å². The molecule has 4 N–H and O–H groups in total. The van der Waals surface area contributed by atoms with E-state index in [9.17, 15) is 13.2 Å². The Morgan fingerprint density at radius 1 is 1.26 bits per heavy atom. The Labute approximate surface area is 230 Å². The predicted octanol–water partition coefficient (Wildman–Crippen LogP) is 4.51. The summed E-state index contributed by atoms with van der Waals surface area (Å²) in [5, 5.41) is 5.87. The van der Waals surface area contributed by atoms with Gasteiger partial charge in [0, 0.05) is 35.3 Å². The summed E-state index contributed by atoms with van der Waals surface area (Å²) in [6, 6.07) is 4.08. The summed E-state index contributed by atoms with van der Waals surface area (Å²) >= 11 is 6.33. The molecule has 1 amide bonds. The highest BCUT2D eigenvalue weighted by atomic mass is 35.5. The van der Waals surface area contributed by atoms with Crippen LogP contribution in [0.15, 0.2) is 24.4 Å². The van der Waals surface area contributed by atoms with Crippen LogP contribution in [0.1, 0.15) is 44.3 Å². The molecule has 1 aromatic carbocycles. The molecule has 0 radical (unpaired) electrons. The maximum Gasteiger partial charge on any atom is 0.407 e. The molecule has 2 aromatic heterocycles. The third-order valence-corrected chi connectivity index (χ3v) is 8.08. The third kappa shape index (κ3) is 6.77. The fraction of sp³-hybridized carbons (Fsp3) is 0.440. The molecule has 0 unspecified atom stereocenters. The van der Waals surface area contributed by atoms with Crippen LogP contribution in [0.25, 0.3) is 22.6 Å². The monoisotopic (exact) mass is 577 g/mol. The van der Waals surface area contributed by atoms with Crippen molar-refractivity contribution < 1.29 is 22.3 Å². The predicted molar refractivity (Wildman–Crippen MR) is 146 cm³/mol. The van der Waals surface area contributed by atoms with E-state index in [1.807, 2.05) is 0 Å². The number of benzene rings is 1. The van der Waals surface area contributed by atoms with Gasteiger partial charge in [-0.05, 0) is 56.7 Å². The molecular weight excluding hydrogens is 549 g/mol. The van der Waals surface area contributed by atoms with E-state index in [1.165, 1.54) is 19.2 Å². The number of carbonyl (C=O) groups is 1. The van der Waals surface area contributed by atoms with E-state index in [1.54, 1.807) is 19.2 Å². The Bertz CT molecular complexity index is 1490. The summed E-state index contributed by atoms with van der Waals surface area (Å²) in [7, 11) is -2.45. The largest absolute Gasteiger partial charge is 0.453 e. The van der Waals surface area contributed by atoms with Crippen molar-refractivity contribution in [3.8, 4) is 22.6 Å². The van der Waals surface area contributed by atoms with Crippen LogP contribution in [-0.2, 0) is 14.8 Å². The van der Waals surface area contributed by atoms with E-state index in [-0.39, 0.29) is 45.9 Å². The Kier molecular flexibility index (Phi) is 7.63. The van der Waals surface area contributed by atoms with Crippen molar-refractivity contribution in [2.75, 3.05) is 29.4 Å². The average molecular weight is 578 g/mol. The van der Waals surface area contributed by atoms with Crippen LogP contribution < -0.4 is 15.4 Å². The lowest BCUT2D eigenvalue weighted by atomic mass is 10.1. The molecule has 0 saturated heterocycles. The minimum Gasteiger partial charge on any atom is -0.453 e. The molecule has 11 nitrogen and oxygen atoms in total.